The average Bonchev–Trinajstić information content (AvgIpc) is 2.68. The third-order valence-electron chi connectivity index (χ3n) is 4.91. The van der Waals surface area contributed by atoms with Crippen molar-refractivity contribution in [3.63, 3.8) is 0 Å². The Labute approximate surface area is 148 Å². The third kappa shape index (κ3) is 4.09. The van der Waals surface area contributed by atoms with Gasteiger partial charge in [0.2, 0.25) is 5.91 Å². The van der Waals surface area contributed by atoms with Crippen molar-refractivity contribution in [3.8, 4) is 6.07 Å². The molecule has 7 nitrogen and oxygen atoms in total. The zero-order chi connectivity index (χ0) is 17.6. The van der Waals surface area contributed by atoms with Crippen molar-refractivity contribution >= 4 is 11.7 Å². The second-order valence-corrected chi connectivity index (χ2v) is 6.49. The lowest BCUT2D eigenvalue weighted by Gasteiger charge is -2.39. The number of hydrogen-bond donors (Lipinski definition) is 0. The van der Waals surface area contributed by atoms with Gasteiger partial charge in [0, 0.05) is 38.9 Å². The van der Waals surface area contributed by atoms with E-state index in [0.29, 0.717) is 31.9 Å². The van der Waals surface area contributed by atoms with Crippen LogP contribution in [0.2, 0.25) is 0 Å². The highest BCUT2D eigenvalue weighted by Gasteiger charge is 2.34. The van der Waals surface area contributed by atoms with Gasteiger partial charge in [-0.25, -0.2) is 4.98 Å². The van der Waals surface area contributed by atoms with Gasteiger partial charge in [-0.3, -0.25) is 4.79 Å². The van der Waals surface area contributed by atoms with Gasteiger partial charge in [0.1, 0.15) is 11.9 Å². The Kier molecular flexibility index (Phi) is 5.84. The Balaban J connectivity index is 1.57. The number of piperidine rings is 1. The number of methoxy groups -OCH3 is 1. The highest BCUT2D eigenvalue weighted by Crippen LogP contribution is 2.25. The van der Waals surface area contributed by atoms with Crippen molar-refractivity contribution in [2.45, 2.75) is 18.9 Å². The summed E-state index contributed by atoms with van der Waals surface area (Å²) in [4.78, 5) is 21.4. The maximum atomic E-state index is 12.9. The molecule has 1 aromatic rings. The van der Waals surface area contributed by atoms with E-state index in [-0.39, 0.29) is 17.9 Å². The molecule has 0 aliphatic carbocycles. The summed E-state index contributed by atoms with van der Waals surface area (Å²) in [5.41, 5.74) is 0.560. The van der Waals surface area contributed by atoms with Gasteiger partial charge in [0.05, 0.1) is 31.4 Å². The highest BCUT2D eigenvalue weighted by molar-refractivity contribution is 5.79. The summed E-state index contributed by atoms with van der Waals surface area (Å²) in [7, 11) is 1.65. The van der Waals surface area contributed by atoms with Gasteiger partial charge in [0.15, 0.2) is 0 Å². The number of rotatable bonds is 4. The number of aromatic nitrogens is 1. The molecule has 3 heterocycles. The Hall–Kier alpha value is -2.17. The average molecular weight is 344 g/mol. The first kappa shape index (κ1) is 17.6. The number of carbonyl (C=O) groups is 1. The maximum Gasteiger partial charge on any atom is 0.226 e. The van der Waals surface area contributed by atoms with Gasteiger partial charge < -0.3 is 19.3 Å². The third-order valence-corrected chi connectivity index (χ3v) is 4.91. The molecule has 2 fully saturated rings. The van der Waals surface area contributed by atoms with E-state index >= 15 is 0 Å². The minimum absolute atomic E-state index is 0.0180. The second-order valence-electron chi connectivity index (χ2n) is 6.49. The lowest BCUT2D eigenvalue weighted by Crippen LogP contribution is -2.53. The smallest absolute Gasteiger partial charge is 0.226 e. The largest absolute Gasteiger partial charge is 0.382 e. The van der Waals surface area contributed by atoms with Crippen LogP contribution in [0.1, 0.15) is 18.4 Å². The van der Waals surface area contributed by atoms with E-state index < -0.39 is 0 Å². The Morgan fingerprint density at radius 2 is 2.20 bits per heavy atom. The van der Waals surface area contributed by atoms with Crippen LogP contribution in [0.4, 0.5) is 5.82 Å². The molecule has 0 N–H and O–H groups in total. The molecule has 134 valence electrons. The van der Waals surface area contributed by atoms with Crippen LogP contribution in [-0.4, -0.2) is 68.4 Å². The van der Waals surface area contributed by atoms with Crippen molar-refractivity contribution < 1.29 is 14.3 Å². The molecule has 1 aromatic heterocycles. The molecule has 0 spiro atoms. The number of nitriles is 1. The molecule has 2 aliphatic rings. The van der Waals surface area contributed by atoms with Gasteiger partial charge in [-0.1, -0.05) is 0 Å². The first-order valence-electron chi connectivity index (χ1n) is 8.71. The molecule has 0 bridgehead atoms. The van der Waals surface area contributed by atoms with Crippen LogP contribution in [0.15, 0.2) is 18.3 Å². The molecule has 2 aliphatic heterocycles. The summed E-state index contributed by atoms with van der Waals surface area (Å²) >= 11 is 0. The fourth-order valence-electron chi connectivity index (χ4n) is 3.50. The summed E-state index contributed by atoms with van der Waals surface area (Å²) < 4.78 is 10.7. The van der Waals surface area contributed by atoms with E-state index in [2.05, 4.69) is 16.0 Å². The summed E-state index contributed by atoms with van der Waals surface area (Å²) in [6.07, 6.45) is 3.23. The monoisotopic (exact) mass is 344 g/mol. The highest BCUT2D eigenvalue weighted by atomic mass is 16.5. The standard InChI is InChI=1S/C18H24N4O3/c1-24-12-16-13-25-9-8-22(16)18(23)15-4-6-21(7-5-15)17-3-2-14(10-19)11-20-17/h2-3,11,15-16H,4-9,12-13H2,1H3. The van der Waals surface area contributed by atoms with Crippen molar-refractivity contribution in [2.24, 2.45) is 5.92 Å². The molecular weight excluding hydrogens is 320 g/mol. The molecule has 0 saturated carbocycles. The SMILES string of the molecule is COCC1COCCN1C(=O)C1CCN(c2ccc(C#N)cn2)CC1. The zero-order valence-electron chi connectivity index (χ0n) is 14.6. The molecule has 0 radical (unpaired) electrons. The number of carbonyl (C=O) groups excluding carboxylic acids is 1. The van der Waals surface area contributed by atoms with Crippen molar-refractivity contribution in [3.05, 3.63) is 23.9 Å². The number of morpholine rings is 1. The number of ether oxygens (including phenoxy) is 2. The summed E-state index contributed by atoms with van der Waals surface area (Å²) in [6, 6.07) is 5.75. The van der Waals surface area contributed by atoms with Crippen LogP contribution in [0.25, 0.3) is 0 Å². The summed E-state index contributed by atoms with van der Waals surface area (Å²) in [5, 5.41) is 8.85. The molecule has 1 atom stereocenters. The van der Waals surface area contributed by atoms with Crippen LogP contribution in [0, 0.1) is 17.2 Å². The lowest BCUT2D eigenvalue weighted by molar-refractivity contribution is -0.147. The number of hydrogen-bond acceptors (Lipinski definition) is 6. The van der Waals surface area contributed by atoms with Crippen LogP contribution in [-0.2, 0) is 14.3 Å². The number of amides is 1. The molecule has 1 amide bonds. The van der Waals surface area contributed by atoms with E-state index in [1.54, 1.807) is 19.4 Å². The van der Waals surface area contributed by atoms with E-state index in [1.165, 1.54) is 0 Å². The van der Waals surface area contributed by atoms with Gasteiger partial charge in [0.25, 0.3) is 0 Å². The topological polar surface area (TPSA) is 78.7 Å². The number of pyridine rings is 1. The quantitative estimate of drug-likeness (QED) is 0.812. The van der Waals surface area contributed by atoms with E-state index in [0.717, 1.165) is 31.7 Å². The Morgan fingerprint density at radius 3 is 2.84 bits per heavy atom. The maximum absolute atomic E-state index is 12.9. The Morgan fingerprint density at radius 1 is 1.40 bits per heavy atom. The van der Waals surface area contributed by atoms with Crippen LogP contribution >= 0.6 is 0 Å². The van der Waals surface area contributed by atoms with Gasteiger partial charge in [-0.2, -0.15) is 5.26 Å². The van der Waals surface area contributed by atoms with E-state index in [4.69, 9.17) is 14.7 Å². The molecular formula is C18H24N4O3. The van der Waals surface area contributed by atoms with Crippen molar-refractivity contribution in [2.75, 3.05) is 51.5 Å². The molecule has 1 unspecified atom stereocenters. The van der Waals surface area contributed by atoms with Gasteiger partial charge >= 0.3 is 0 Å². The van der Waals surface area contributed by atoms with Gasteiger partial charge in [-0.15, -0.1) is 0 Å². The lowest BCUT2D eigenvalue weighted by atomic mass is 9.94. The molecule has 7 heteroatoms. The normalized spacial score (nSPS) is 21.8. The molecule has 0 aromatic carbocycles. The minimum Gasteiger partial charge on any atom is -0.382 e. The van der Waals surface area contributed by atoms with Crippen LogP contribution < -0.4 is 4.90 Å². The number of nitrogens with zero attached hydrogens (tertiary/aromatic N) is 4. The van der Waals surface area contributed by atoms with E-state index in [1.807, 2.05) is 11.0 Å². The molecule has 2 saturated heterocycles. The van der Waals surface area contributed by atoms with Gasteiger partial charge in [-0.05, 0) is 25.0 Å². The molecule has 25 heavy (non-hydrogen) atoms. The van der Waals surface area contributed by atoms with Crippen LogP contribution in [0.5, 0.6) is 0 Å². The summed E-state index contributed by atoms with van der Waals surface area (Å²) in [6.45, 7) is 3.90. The van der Waals surface area contributed by atoms with E-state index in [9.17, 15) is 4.79 Å². The van der Waals surface area contributed by atoms with Crippen molar-refractivity contribution in [1.82, 2.24) is 9.88 Å². The minimum atomic E-state index is 0.0180. The first-order chi connectivity index (χ1) is 12.2. The van der Waals surface area contributed by atoms with Crippen molar-refractivity contribution in [1.29, 1.82) is 5.26 Å². The molecule has 3 rings (SSSR count). The second kappa shape index (κ2) is 8.28. The zero-order valence-corrected chi connectivity index (χ0v) is 14.6. The fraction of sp³-hybridized carbons (Fsp3) is 0.611. The predicted molar refractivity (Wildman–Crippen MR) is 92.1 cm³/mol. The first-order valence-corrected chi connectivity index (χ1v) is 8.71. The fourth-order valence-corrected chi connectivity index (χ4v) is 3.50. The Bertz CT molecular complexity index is 618. The number of anilines is 1. The summed E-state index contributed by atoms with van der Waals surface area (Å²) in [5.74, 6) is 1.14. The van der Waals surface area contributed by atoms with Crippen LogP contribution in [0.3, 0.4) is 0 Å². The predicted octanol–water partition coefficient (Wildman–Crippen LogP) is 1.04.